The molecule has 0 unspecified atom stereocenters. The molecule has 0 spiro atoms. The molecule has 1 aliphatic rings. The average Bonchev–Trinajstić information content (AvgIpc) is 2.40. The highest BCUT2D eigenvalue weighted by molar-refractivity contribution is 5.92. The Bertz CT molecular complexity index is 386. The zero-order chi connectivity index (χ0) is 12.1. The van der Waals surface area contributed by atoms with Gasteiger partial charge in [0.1, 0.15) is 11.7 Å². The molecule has 0 heterocycles. The summed E-state index contributed by atoms with van der Waals surface area (Å²) in [6.07, 6.45) is 5.45. The van der Waals surface area contributed by atoms with Crippen LogP contribution in [0.5, 0.6) is 5.75 Å². The van der Waals surface area contributed by atoms with Gasteiger partial charge in [-0.3, -0.25) is 0 Å². The summed E-state index contributed by atoms with van der Waals surface area (Å²) in [6.45, 7) is 0. The number of carbonyl (C=O) groups excluding carboxylic acids is 1. The number of carbonyl (C=O) groups is 1. The molecule has 0 bridgehead atoms. The molecule has 0 atom stereocenters. The van der Waals surface area contributed by atoms with Crippen LogP contribution in [-0.4, -0.2) is 12.1 Å². The molecule has 0 amide bonds. The lowest BCUT2D eigenvalue weighted by molar-refractivity contribution is 0.0207. The zero-order valence-corrected chi connectivity index (χ0v) is 9.72. The number of para-hydroxylation sites is 1. The molecule has 4 heteroatoms. The van der Waals surface area contributed by atoms with Gasteiger partial charge in [0.25, 0.3) is 0 Å². The minimum atomic E-state index is -0.349. The van der Waals surface area contributed by atoms with Crippen LogP contribution in [0.15, 0.2) is 24.3 Å². The Hall–Kier alpha value is -1.55. The molecule has 0 aliphatic heterocycles. The fourth-order valence-electron chi connectivity index (χ4n) is 2.14. The minimum absolute atomic E-state index is 0.0436. The first-order valence-electron chi connectivity index (χ1n) is 5.98. The molecule has 1 fully saturated rings. The predicted molar refractivity (Wildman–Crippen MR) is 63.5 cm³/mol. The number of ether oxygens (including phenoxy) is 1. The van der Waals surface area contributed by atoms with Crippen LogP contribution in [0.1, 0.15) is 42.5 Å². The van der Waals surface area contributed by atoms with Crippen LogP contribution in [0, 0.1) is 0 Å². The van der Waals surface area contributed by atoms with E-state index in [1.54, 1.807) is 24.3 Å². The van der Waals surface area contributed by atoms with Gasteiger partial charge < -0.3 is 9.57 Å². The van der Waals surface area contributed by atoms with Crippen LogP contribution in [0.3, 0.4) is 0 Å². The second-order valence-corrected chi connectivity index (χ2v) is 4.28. The van der Waals surface area contributed by atoms with Crippen molar-refractivity contribution in [3.05, 3.63) is 29.8 Å². The van der Waals surface area contributed by atoms with Crippen LogP contribution in [-0.2, 0) is 4.74 Å². The summed E-state index contributed by atoms with van der Waals surface area (Å²) in [6, 6.07) is 6.84. The van der Waals surface area contributed by atoms with Gasteiger partial charge in [0, 0.05) is 0 Å². The van der Waals surface area contributed by atoms with E-state index in [0.717, 1.165) is 25.7 Å². The van der Waals surface area contributed by atoms with Gasteiger partial charge in [0.2, 0.25) is 0 Å². The quantitative estimate of drug-likeness (QED) is 0.645. The Morgan fingerprint density at radius 1 is 1.18 bits per heavy atom. The normalized spacial score (nSPS) is 16.5. The van der Waals surface area contributed by atoms with E-state index in [1.807, 2.05) is 0 Å². The van der Waals surface area contributed by atoms with Gasteiger partial charge in [-0.05, 0) is 37.8 Å². The first kappa shape index (κ1) is 11.9. The topological polar surface area (TPSA) is 61.5 Å². The van der Waals surface area contributed by atoms with Crippen molar-refractivity contribution in [3.63, 3.8) is 0 Å². The highest BCUT2D eigenvalue weighted by atomic mass is 16.6. The maximum absolute atomic E-state index is 11.9. The van der Waals surface area contributed by atoms with Gasteiger partial charge in [-0.1, -0.05) is 18.6 Å². The van der Waals surface area contributed by atoms with Crippen molar-refractivity contribution >= 4 is 5.97 Å². The molecule has 1 saturated carbocycles. The van der Waals surface area contributed by atoms with Gasteiger partial charge >= 0.3 is 5.97 Å². The minimum Gasteiger partial charge on any atom is -0.459 e. The summed E-state index contributed by atoms with van der Waals surface area (Å²) < 4.78 is 5.45. The van der Waals surface area contributed by atoms with Crippen molar-refractivity contribution in [1.29, 1.82) is 0 Å². The molecule has 1 aromatic carbocycles. The molecule has 17 heavy (non-hydrogen) atoms. The molecule has 0 radical (unpaired) electrons. The van der Waals surface area contributed by atoms with E-state index in [9.17, 15) is 4.79 Å². The van der Waals surface area contributed by atoms with E-state index in [4.69, 9.17) is 10.6 Å². The molecule has 92 valence electrons. The monoisotopic (exact) mass is 235 g/mol. The lowest BCUT2D eigenvalue weighted by atomic mass is 9.98. The summed E-state index contributed by atoms with van der Waals surface area (Å²) >= 11 is 0. The van der Waals surface area contributed by atoms with Crippen molar-refractivity contribution in [3.8, 4) is 5.75 Å². The fraction of sp³-hybridized carbons (Fsp3) is 0.462. The van der Waals surface area contributed by atoms with E-state index in [1.165, 1.54) is 6.42 Å². The molecular formula is C13H17NO3. The highest BCUT2D eigenvalue weighted by Gasteiger charge is 2.20. The summed E-state index contributed by atoms with van der Waals surface area (Å²) in [5.41, 5.74) is 0.389. The molecule has 1 aliphatic carbocycles. The molecule has 4 nitrogen and oxygen atoms in total. The Labute approximate surface area is 101 Å². The summed E-state index contributed by atoms with van der Waals surface area (Å²) in [4.78, 5) is 16.6. The van der Waals surface area contributed by atoms with Crippen LogP contribution in [0.4, 0.5) is 0 Å². The number of esters is 1. The maximum Gasteiger partial charge on any atom is 0.342 e. The number of benzene rings is 1. The summed E-state index contributed by atoms with van der Waals surface area (Å²) in [7, 11) is 0. The van der Waals surface area contributed by atoms with E-state index >= 15 is 0 Å². The maximum atomic E-state index is 11.9. The van der Waals surface area contributed by atoms with Gasteiger partial charge in [-0.15, -0.1) is 0 Å². The highest BCUT2D eigenvalue weighted by Crippen LogP contribution is 2.23. The Morgan fingerprint density at radius 3 is 2.59 bits per heavy atom. The van der Waals surface area contributed by atoms with Crippen LogP contribution < -0.4 is 10.7 Å². The lowest BCUT2D eigenvalue weighted by Gasteiger charge is -2.22. The largest absolute Gasteiger partial charge is 0.459 e. The zero-order valence-electron chi connectivity index (χ0n) is 9.72. The molecule has 2 N–H and O–H groups in total. The molecular weight excluding hydrogens is 218 g/mol. The third-order valence-electron chi connectivity index (χ3n) is 3.06. The molecule has 2 rings (SSSR count). The van der Waals surface area contributed by atoms with Crippen molar-refractivity contribution < 1.29 is 14.4 Å². The summed E-state index contributed by atoms with van der Waals surface area (Å²) in [5, 5.41) is 0. The Kier molecular flexibility index (Phi) is 3.98. The van der Waals surface area contributed by atoms with E-state index < -0.39 is 0 Å². The second kappa shape index (κ2) is 5.68. The van der Waals surface area contributed by atoms with Crippen molar-refractivity contribution in [2.24, 2.45) is 5.90 Å². The van der Waals surface area contributed by atoms with E-state index in [-0.39, 0.29) is 12.1 Å². The average molecular weight is 235 g/mol. The molecule has 0 aromatic heterocycles. The predicted octanol–water partition coefficient (Wildman–Crippen LogP) is 2.43. The third kappa shape index (κ3) is 2.97. The van der Waals surface area contributed by atoms with E-state index in [2.05, 4.69) is 4.84 Å². The van der Waals surface area contributed by atoms with Crippen LogP contribution in [0.25, 0.3) is 0 Å². The van der Waals surface area contributed by atoms with E-state index in [0.29, 0.717) is 11.3 Å². The van der Waals surface area contributed by atoms with Gasteiger partial charge in [-0.2, -0.15) is 5.90 Å². The third-order valence-corrected chi connectivity index (χ3v) is 3.06. The van der Waals surface area contributed by atoms with Crippen LogP contribution in [0.2, 0.25) is 0 Å². The standard InChI is InChI=1S/C13H17NO3/c14-17-12-9-5-4-8-11(12)13(15)16-10-6-2-1-3-7-10/h4-5,8-10H,1-3,6-7,14H2. The van der Waals surface area contributed by atoms with Gasteiger partial charge in [0.05, 0.1) is 0 Å². The van der Waals surface area contributed by atoms with Crippen LogP contribution >= 0.6 is 0 Å². The number of hydrogen-bond donors (Lipinski definition) is 1. The molecule has 0 saturated heterocycles. The Balaban J connectivity index is 2.03. The smallest absolute Gasteiger partial charge is 0.342 e. The first-order valence-corrected chi connectivity index (χ1v) is 5.98. The number of rotatable bonds is 3. The SMILES string of the molecule is NOc1ccccc1C(=O)OC1CCCCC1. The number of hydrogen-bond acceptors (Lipinski definition) is 4. The van der Waals surface area contributed by atoms with Gasteiger partial charge in [0.15, 0.2) is 5.75 Å². The Morgan fingerprint density at radius 2 is 1.88 bits per heavy atom. The number of nitrogens with two attached hydrogens (primary N) is 1. The van der Waals surface area contributed by atoms with Crippen molar-refractivity contribution in [2.45, 2.75) is 38.2 Å². The molecule has 1 aromatic rings. The van der Waals surface area contributed by atoms with Crippen molar-refractivity contribution in [2.75, 3.05) is 0 Å². The lowest BCUT2D eigenvalue weighted by Crippen LogP contribution is -2.21. The first-order chi connectivity index (χ1) is 8.31. The van der Waals surface area contributed by atoms with Gasteiger partial charge in [-0.25, -0.2) is 4.79 Å². The summed E-state index contributed by atoms with van der Waals surface area (Å²) in [5.74, 6) is 5.12. The second-order valence-electron chi connectivity index (χ2n) is 4.28. The van der Waals surface area contributed by atoms with Crippen molar-refractivity contribution in [1.82, 2.24) is 0 Å². The fourth-order valence-corrected chi connectivity index (χ4v) is 2.14.